The number of benzene rings is 2. The molecule has 0 unspecified atom stereocenters. The number of fused-ring (bicyclic) bond motifs is 1. The molecule has 0 atom stereocenters. The number of aryl methyl sites for hydroxylation is 1. The van der Waals surface area contributed by atoms with Crippen LogP contribution in [0.5, 0.6) is 0 Å². The first-order valence-electron chi connectivity index (χ1n) is 8.98. The Balaban J connectivity index is 1.43. The Hall–Kier alpha value is -3.13. The lowest BCUT2D eigenvalue weighted by Gasteiger charge is -2.06. The van der Waals surface area contributed by atoms with E-state index in [9.17, 15) is 9.18 Å². The predicted molar refractivity (Wildman–Crippen MR) is 106 cm³/mol. The Kier molecular flexibility index (Phi) is 5.12. The van der Waals surface area contributed by atoms with Crippen molar-refractivity contribution >= 4 is 22.2 Å². The third-order valence-corrected chi connectivity index (χ3v) is 5.24. The third-order valence-electron chi connectivity index (χ3n) is 4.29. The second-order valence-electron chi connectivity index (χ2n) is 6.35. The SMILES string of the molecule is CCCc1nnc2sc(-c3ccc(CNC(=O)c4ccc(F)cc4)cc3)nn12. The van der Waals surface area contributed by atoms with E-state index in [2.05, 4.69) is 27.5 Å². The number of halogens is 1. The number of rotatable bonds is 6. The molecule has 0 saturated heterocycles. The predicted octanol–water partition coefficient (Wildman–Crippen LogP) is 3.87. The van der Waals surface area contributed by atoms with Crippen molar-refractivity contribution in [2.45, 2.75) is 26.3 Å². The fraction of sp³-hybridized carbons (Fsp3) is 0.200. The molecule has 2 heterocycles. The zero-order valence-corrected chi connectivity index (χ0v) is 16.0. The number of nitrogens with zero attached hydrogens (tertiary/aromatic N) is 4. The first-order valence-corrected chi connectivity index (χ1v) is 9.80. The van der Waals surface area contributed by atoms with E-state index in [-0.39, 0.29) is 11.7 Å². The minimum absolute atomic E-state index is 0.235. The Morgan fingerprint density at radius 2 is 1.86 bits per heavy atom. The van der Waals surface area contributed by atoms with Crippen LogP contribution in [-0.2, 0) is 13.0 Å². The molecule has 2 aromatic carbocycles. The minimum atomic E-state index is -0.362. The van der Waals surface area contributed by atoms with Gasteiger partial charge in [-0.1, -0.05) is 42.5 Å². The maximum Gasteiger partial charge on any atom is 0.251 e. The molecule has 28 heavy (non-hydrogen) atoms. The van der Waals surface area contributed by atoms with Gasteiger partial charge in [0.15, 0.2) is 5.82 Å². The van der Waals surface area contributed by atoms with Gasteiger partial charge in [-0.25, -0.2) is 4.39 Å². The Bertz CT molecular complexity index is 1100. The summed E-state index contributed by atoms with van der Waals surface area (Å²) in [6.07, 6.45) is 1.84. The maximum absolute atomic E-state index is 12.9. The summed E-state index contributed by atoms with van der Waals surface area (Å²) < 4.78 is 14.7. The molecule has 0 radical (unpaired) electrons. The van der Waals surface area contributed by atoms with Crippen molar-refractivity contribution in [3.05, 3.63) is 71.3 Å². The quantitative estimate of drug-likeness (QED) is 0.538. The summed E-state index contributed by atoms with van der Waals surface area (Å²) >= 11 is 1.50. The average Bonchev–Trinajstić information content (AvgIpc) is 3.29. The molecule has 0 spiro atoms. The lowest BCUT2D eigenvalue weighted by molar-refractivity contribution is 0.0951. The van der Waals surface area contributed by atoms with Gasteiger partial charge in [0.2, 0.25) is 4.96 Å². The lowest BCUT2D eigenvalue weighted by Crippen LogP contribution is -2.22. The number of carbonyl (C=O) groups excluding carboxylic acids is 1. The summed E-state index contributed by atoms with van der Waals surface area (Å²) in [6, 6.07) is 13.3. The molecule has 4 rings (SSSR count). The van der Waals surface area contributed by atoms with Gasteiger partial charge in [0.1, 0.15) is 10.8 Å². The molecule has 0 aliphatic heterocycles. The van der Waals surface area contributed by atoms with Crippen molar-refractivity contribution in [2.75, 3.05) is 0 Å². The molecule has 2 aromatic heterocycles. The Morgan fingerprint density at radius 1 is 1.11 bits per heavy atom. The zero-order chi connectivity index (χ0) is 19.5. The average molecular weight is 395 g/mol. The standard InChI is InChI=1S/C20H18FN5OS/c1-2-3-17-23-24-20-26(17)25-19(28-20)15-6-4-13(5-7-15)12-22-18(27)14-8-10-16(21)11-9-14/h4-11H,2-3,12H2,1H3,(H,22,27). The van der Waals surface area contributed by atoms with Crippen LogP contribution < -0.4 is 5.32 Å². The molecule has 0 aliphatic carbocycles. The number of hydrogen-bond donors (Lipinski definition) is 1. The first kappa shape index (κ1) is 18.2. The summed E-state index contributed by atoms with van der Waals surface area (Å²) in [5.74, 6) is 0.278. The van der Waals surface area contributed by atoms with Gasteiger partial charge >= 0.3 is 0 Å². The van der Waals surface area contributed by atoms with Gasteiger partial charge in [0.25, 0.3) is 5.91 Å². The summed E-state index contributed by atoms with van der Waals surface area (Å²) in [6.45, 7) is 2.49. The van der Waals surface area contributed by atoms with Gasteiger partial charge in [0.05, 0.1) is 0 Å². The molecule has 0 aliphatic rings. The van der Waals surface area contributed by atoms with Crippen molar-refractivity contribution in [1.29, 1.82) is 0 Å². The number of hydrogen-bond acceptors (Lipinski definition) is 5. The minimum Gasteiger partial charge on any atom is -0.348 e. The highest BCUT2D eigenvalue weighted by atomic mass is 32.1. The second kappa shape index (κ2) is 7.85. The van der Waals surface area contributed by atoms with E-state index in [1.165, 1.54) is 35.6 Å². The number of carbonyl (C=O) groups is 1. The van der Waals surface area contributed by atoms with Crippen molar-refractivity contribution < 1.29 is 9.18 Å². The highest BCUT2D eigenvalue weighted by Gasteiger charge is 2.12. The molecule has 142 valence electrons. The third kappa shape index (κ3) is 3.77. The van der Waals surface area contributed by atoms with Crippen LogP contribution in [0.4, 0.5) is 4.39 Å². The van der Waals surface area contributed by atoms with Crippen molar-refractivity contribution in [1.82, 2.24) is 25.1 Å². The van der Waals surface area contributed by atoms with Gasteiger partial charge in [-0.3, -0.25) is 4.79 Å². The second-order valence-corrected chi connectivity index (χ2v) is 7.31. The van der Waals surface area contributed by atoms with E-state index in [4.69, 9.17) is 0 Å². The highest BCUT2D eigenvalue weighted by molar-refractivity contribution is 7.19. The number of nitrogens with one attached hydrogen (secondary N) is 1. The largest absolute Gasteiger partial charge is 0.348 e. The molecule has 1 N–H and O–H groups in total. The number of aromatic nitrogens is 4. The normalized spacial score (nSPS) is 11.1. The zero-order valence-electron chi connectivity index (χ0n) is 15.2. The monoisotopic (exact) mass is 395 g/mol. The van der Waals surface area contributed by atoms with Gasteiger partial charge in [-0.05, 0) is 36.2 Å². The van der Waals surface area contributed by atoms with Crippen LogP contribution in [-0.4, -0.2) is 25.7 Å². The van der Waals surface area contributed by atoms with Crippen LogP contribution >= 0.6 is 11.3 Å². The molecule has 0 fully saturated rings. The molecular formula is C20H18FN5OS. The van der Waals surface area contributed by atoms with Crippen LogP contribution in [0.3, 0.4) is 0 Å². The topological polar surface area (TPSA) is 72.2 Å². The summed E-state index contributed by atoms with van der Waals surface area (Å²) in [5.41, 5.74) is 2.39. The highest BCUT2D eigenvalue weighted by Crippen LogP contribution is 2.26. The maximum atomic E-state index is 12.9. The summed E-state index contributed by atoms with van der Waals surface area (Å²) in [5, 5.41) is 16.7. The van der Waals surface area contributed by atoms with Crippen molar-refractivity contribution in [3.8, 4) is 10.6 Å². The van der Waals surface area contributed by atoms with Gasteiger partial charge in [0, 0.05) is 24.1 Å². The molecular weight excluding hydrogens is 377 g/mol. The molecule has 4 aromatic rings. The van der Waals surface area contributed by atoms with Crippen LogP contribution in [0.1, 0.15) is 35.1 Å². The van der Waals surface area contributed by atoms with Crippen molar-refractivity contribution in [3.63, 3.8) is 0 Å². The first-order chi connectivity index (χ1) is 13.6. The van der Waals surface area contributed by atoms with Gasteiger partial charge < -0.3 is 5.32 Å². The van der Waals surface area contributed by atoms with Crippen LogP contribution in [0.2, 0.25) is 0 Å². The molecule has 1 amide bonds. The molecule has 8 heteroatoms. The van der Waals surface area contributed by atoms with Crippen LogP contribution in [0, 0.1) is 5.82 Å². The summed E-state index contributed by atoms with van der Waals surface area (Å²) in [4.78, 5) is 12.9. The van der Waals surface area contributed by atoms with E-state index in [0.717, 1.165) is 39.8 Å². The van der Waals surface area contributed by atoms with Gasteiger partial charge in [-0.15, -0.1) is 10.2 Å². The molecule has 6 nitrogen and oxygen atoms in total. The van der Waals surface area contributed by atoms with E-state index >= 15 is 0 Å². The summed E-state index contributed by atoms with van der Waals surface area (Å²) in [7, 11) is 0. The van der Waals surface area contributed by atoms with Crippen LogP contribution in [0.25, 0.3) is 15.5 Å². The van der Waals surface area contributed by atoms with E-state index in [0.29, 0.717) is 12.1 Å². The van der Waals surface area contributed by atoms with Crippen molar-refractivity contribution in [2.24, 2.45) is 0 Å². The molecule has 0 saturated carbocycles. The van der Waals surface area contributed by atoms with E-state index in [1.807, 2.05) is 24.3 Å². The Labute approximate surface area is 165 Å². The lowest BCUT2D eigenvalue weighted by atomic mass is 10.1. The smallest absolute Gasteiger partial charge is 0.251 e. The molecule has 0 bridgehead atoms. The number of amides is 1. The Morgan fingerprint density at radius 3 is 2.57 bits per heavy atom. The van der Waals surface area contributed by atoms with E-state index < -0.39 is 0 Å². The van der Waals surface area contributed by atoms with Gasteiger partial charge in [-0.2, -0.15) is 9.61 Å². The van der Waals surface area contributed by atoms with E-state index in [1.54, 1.807) is 4.52 Å². The fourth-order valence-corrected chi connectivity index (χ4v) is 3.67. The van der Waals surface area contributed by atoms with Crippen LogP contribution in [0.15, 0.2) is 48.5 Å². The fourth-order valence-electron chi connectivity index (χ4n) is 2.80.